The zero-order valence-corrected chi connectivity index (χ0v) is 15.2. The number of aromatic hydroxyl groups is 1. The number of nitrogens with zero attached hydrogens (tertiary/aromatic N) is 1. The maximum Gasteiger partial charge on any atom is 0.417 e. The van der Waals surface area contributed by atoms with Crippen LogP contribution in [-0.4, -0.2) is 33.1 Å². The number of benzene rings is 2. The number of phenols is 1. The van der Waals surface area contributed by atoms with Crippen molar-refractivity contribution in [2.75, 3.05) is 6.54 Å². The molecule has 0 unspecified atom stereocenters. The van der Waals surface area contributed by atoms with Crippen molar-refractivity contribution in [2.24, 2.45) is 12.8 Å². The monoisotopic (exact) mass is 406 g/mol. The summed E-state index contributed by atoms with van der Waals surface area (Å²) >= 11 is 0. The number of halogens is 3. The van der Waals surface area contributed by atoms with Crippen molar-refractivity contribution in [3.63, 3.8) is 0 Å². The zero-order valence-electron chi connectivity index (χ0n) is 15.2. The summed E-state index contributed by atoms with van der Waals surface area (Å²) in [4.78, 5) is 24.2. The van der Waals surface area contributed by atoms with Gasteiger partial charge in [-0.25, -0.2) is 4.79 Å². The van der Waals surface area contributed by atoms with E-state index in [4.69, 9.17) is 5.73 Å². The number of carboxylic acid groups (broad SMARTS) is 1. The van der Waals surface area contributed by atoms with Gasteiger partial charge >= 0.3 is 12.1 Å². The van der Waals surface area contributed by atoms with Crippen molar-refractivity contribution in [2.45, 2.75) is 12.6 Å². The Morgan fingerprint density at radius 3 is 2.41 bits per heavy atom. The third kappa shape index (κ3) is 3.44. The highest BCUT2D eigenvalue weighted by Crippen LogP contribution is 2.42. The van der Waals surface area contributed by atoms with Gasteiger partial charge < -0.3 is 20.5 Å². The van der Waals surface area contributed by atoms with Crippen molar-refractivity contribution in [3.8, 4) is 17.0 Å². The Kier molecular flexibility index (Phi) is 5.10. The Morgan fingerprint density at radius 1 is 1.17 bits per heavy atom. The summed E-state index contributed by atoms with van der Waals surface area (Å²) in [6, 6.07) is 7.02. The molecule has 0 aliphatic rings. The summed E-state index contributed by atoms with van der Waals surface area (Å²) in [5.41, 5.74) is 3.99. The summed E-state index contributed by atoms with van der Waals surface area (Å²) in [5.74, 6) is -2.51. The maximum atomic E-state index is 13.6. The molecule has 0 saturated carbocycles. The number of ketones is 1. The van der Waals surface area contributed by atoms with E-state index in [1.807, 2.05) is 0 Å². The molecule has 152 valence electrons. The molecule has 3 rings (SSSR count). The second kappa shape index (κ2) is 7.25. The molecule has 0 spiro atoms. The van der Waals surface area contributed by atoms with Gasteiger partial charge in [-0.15, -0.1) is 0 Å². The van der Waals surface area contributed by atoms with Crippen molar-refractivity contribution >= 4 is 22.7 Å². The van der Waals surface area contributed by atoms with E-state index in [0.29, 0.717) is 0 Å². The van der Waals surface area contributed by atoms with Crippen LogP contribution in [0.2, 0.25) is 0 Å². The van der Waals surface area contributed by atoms with E-state index in [1.54, 1.807) is 0 Å². The fourth-order valence-electron chi connectivity index (χ4n) is 3.43. The van der Waals surface area contributed by atoms with Crippen LogP contribution < -0.4 is 5.73 Å². The predicted molar refractivity (Wildman–Crippen MR) is 100.0 cm³/mol. The molecule has 0 bridgehead atoms. The zero-order chi connectivity index (χ0) is 21.5. The molecule has 0 saturated heterocycles. The van der Waals surface area contributed by atoms with Crippen LogP contribution in [0.4, 0.5) is 13.2 Å². The van der Waals surface area contributed by atoms with Gasteiger partial charge in [-0.2, -0.15) is 13.2 Å². The van der Waals surface area contributed by atoms with Crippen molar-refractivity contribution in [1.82, 2.24) is 4.57 Å². The van der Waals surface area contributed by atoms with Crippen LogP contribution in [0.1, 0.15) is 32.7 Å². The van der Waals surface area contributed by atoms with Gasteiger partial charge in [-0.05, 0) is 18.7 Å². The minimum atomic E-state index is -4.67. The van der Waals surface area contributed by atoms with Gasteiger partial charge in [0, 0.05) is 30.5 Å². The second-order valence-corrected chi connectivity index (χ2v) is 6.48. The predicted octanol–water partition coefficient (Wildman–Crippen LogP) is 3.80. The Hall–Kier alpha value is -3.33. The molecule has 0 amide bonds. The first-order valence-electron chi connectivity index (χ1n) is 8.56. The molecule has 0 atom stereocenters. The van der Waals surface area contributed by atoms with E-state index in [-0.39, 0.29) is 40.7 Å². The number of aryl methyl sites for hydroxylation is 1. The van der Waals surface area contributed by atoms with Crippen LogP contribution >= 0.6 is 0 Å². The molecule has 6 nitrogen and oxygen atoms in total. The van der Waals surface area contributed by atoms with Crippen LogP contribution in [0.15, 0.2) is 36.4 Å². The minimum Gasteiger partial charge on any atom is -0.507 e. The number of hydrogen-bond acceptors (Lipinski definition) is 4. The van der Waals surface area contributed by atoms with E-state index in [9.17, 15) is 33.0 Å². The standard InChI is InChI=1S/C20H17F3N2O4/c1-25-14-9-16(27)12(19(28)29)8-11(14)17(15(26)6-7-24)18(25)10-4-2-3-5-13(10)20(21,22)23/h2-5,8-9,27H,6-7,24H2,1H3,(H,28,29). The lowest BCUT2D eigenvalue weighted by Gasteiger charge is -2.15. The summed E-state index contributed by atoms with van der Waals surface area (Å²) in [7, 11) is 1.45. The highest BCUT2D eigenvalue weighted by atomic mass is 19.4. The van der Waals surface area contributed by atoms with Gasteiger partial charge in [0.2, 0.25) is 0 Å². The number of aromatic carboxylic acids is 1. The highest BCUT2D eigenvalue weighted by Gasteiger charge is 2.36. The molecule has 29 heavy (non-hydrogen) atoms. The Balaban J connectivity index is 2.48. The fraction of sp³-hybridized carbons (Fsp3) is 0.200. The molecule has 0 radical (unpaired) electrons. The Bertz CT molecular complexity index is 1130. The van der Waals surface area contributed by atoms with E-state index < -0.39 is 34.8 Å². The number of Topliss-reactive ketones (excluding diaryl/α,β-unsaturated/α-hetero) is 1. The molecule has 3 aromatic rings. The Labute approximate surface area is 163 Å². The first-order valence-corrected chi connectivity index (χ1v) is 8.56. The number of rotatable bonds is 5. The quantitative estimate of drug-likeness (QED) is 0.559. The van der Waals surface area contributed by atoms with Gasteiger partial charge in [0.05, 0.1) is 22.3 Å². The number of carboxylic acids is 1. The number of carbonyl (C=O) groups is 2. The third-order valence-corrected chi connectivity index (χ3v) is 4.69. The molecule has 1 aromatic heterocycles. The summed E-state index contributed by atoms with van der Waals surface area (Å²) in [6.45, 7) is -0.0283. The highest BCUT2D eigenvalue weighted by molar-refractivity contribution is 6.15. The average Bonchev–Trinajstić information content (AvgIpc) is 2.92. The van der Waals surface area contributed by atoms with Crippen LogP contribution in [0.5, 0.6) is 5.75 Å². The minimum absolute atomic E-state index is 0.0201. The lowest BCUT2D eigenvalue weighted by molar-refractivity contribution is -0.137. The van der Waals surface area contributed by atoms with Crippen LogP contribution in [0.25, 0.3) is 22.2 Å². The van der Waals surface area contributed by atoms with Crippen LogP contribution in [0, 0.1) is 0 Å². The fourth-order valence-corrected chi connectivity index (χ4v) is 3.43. The smallest absolute Gasteiger partial charge is 0.417 e. The van der Waals surface area contributed by atoms with Gasteiger partial charge in [0.1, 0.15) is 11.3 Å². The number of carbonyl (C=O) groups excluding carboxylic acids is 1. The normalized spacial score (nSPS) is 11.8. The molecule has 2 aromatic carbocycles. The maximum absolute atomic E-state index is 13.6. The SMILES string of the molecule is Cn1c(-c2ccccc2C(F)(F)F)c(C(=O)CCN)c2cc(C(=O)O)c(O)cc21. The van der Waals surface area contributed by atoms with Gasteiger partial charge in [-0.3, -0.25) is 4.79 Å². The summed E-state index contributed by atoms with van der Waals surface area (Å²) < 4.78 is 42.2. The number of alkyl halides is 3. The largest absolute Gasteiger partial charge is 0.507 e. The molecule has 0 aliphatic carbocycles. The molecule has 0 aliphatic heterocycles. The molecule has 4 N–H and O–H groups in total. The third-order valence-electron chi connectivity index (χ3n) is 4.69. The molecule has 9 heteroatoms. The number of aromatic nitrogens is 1. The number of fused-ring (bicyclic) bond motifs is 1. The average molecular weight is 406 g/mol. The Morgan fingerprint density at radius 2 is 1.83 bits per heavy atom. The molecular weight excluding hydrogens is 389 g/mol. The lowest BCUT2D eigenvalue weighted by Crippen LogP contribution is -2.12. The molecular formula is C20H17F3N2O4. The topological polar surface area (TPSA) is 106 Å². The van der Waals surface area contributed by atoms with E-state index in [2.05, 4.69) is 0 Å². The van der Waals surface area contributed by atoms with E-state index in [0.717, 1.165) is 18.2 Å². The van der Waals surface area contributed by atoms with Crippen LogP contribution in [-0.2, 0) is 13.2 Å². The van der Waals surface area contributed by atoms with Gasteiger partial charge in [-0.1, -0.05) is 18.2 Å². The molecule has 1 heterocycles. The summed E-state index contributed by atoms with van der Waals surface area (Å²) in [6.07, 6.45) is -4.81. The first-order chi connectivity index (χ1) is 13.6. The van der Waals surface area contributed by atoms with Crippen molar-refractivity contribution < 1.29 is 33.0 Å². The summed E-state index contributed by atoms with van der Waals surface area (Å²) in [5, 5.41) is 19.4. The van der Waals surface area contributed by atoms with Crippen molar-refractivity contribution in [1.29, 1.82) is 0 Å². The number of hydrogen-bond donors (Lipinski definition) is 3. The van der Waals surface area contributed by atoms with Crippen molar-refractivity contribution in [3.05, 3.63) is 53.1 Å². The second-order valence-electron chi connectivity index (χ2n) is 6.48. The van der Waals surface area contributed by atoms with E-state index in [1.165, 1.54) is 29.8 Å². The van der Waals surface area contributed by atoms with Gasteiger partial charge in [0.15, 0.2) is 5.78 Å². The van der Waals surface area contributed by atoms with E-state index >= 15 is 0 Å². The first kappa shape index (κ1) is 20.4. The van der Waals surface area contributed by atoms with Gasteiger partial charge in [0.25, 0.3) is 0 Å². The van der Waals surface area contributed by atoms with Crippen LogP contribution in [0.3, 0.4) is 0 Å². The lowest BCUT2D eigenvalue weighted by atomic mass is 9.96. The number of nitrogens with two attached hydrogens (primary N) is 1. The molecule has 0 fully saturated rings.